The van der Waals surface area contributed by atoms with Crippen molar-refractivity contribution in [3.8, 4) is 0 Å². The van der Waals surface area contributed by atoms with E-state index in [0.717, 1.165) is 5.56 Å². The van der Waals surface area contributed by atoms with Gasteiger partial charge in [-0.05, 0) is 23.9 Å². The van der Waals surface area contributed by atoms with E-state index in [1.54, 1.807) is 11.3 Å². The van der Waals surface area contributed by atoms with Gasteiger partial charge >= 0.3 is 0 Å². The molecule has 2 rings (SSSR count). The molecule has 0 aliphatic carbocycles. The maximum Gasteiger partial charge on any atom is 0.145 e. The van der Waals surface area contributed by atoms with Crippen LogP contribution in [0.15, 0.2) is 17.8 Å². The Labute approximate surface area is 79.8 Å². The fourth-order valence-electron chi connectivity index (χ4n) is 1.15. The Morgan fingerprint density at radius 3 is 3.00 bits per heavy atom. The Hall–Kier alpha value is -1.20. The molecule has 4 nitrogen and oxygen atoms in total. The molecule has 0 radical (unpaired) electrons. The molecule has 0 saturated carbocycles. The van der Waals surface area contributed by atoms with E-state index in [0.29, 0.717) is 5.82 Å². The quantitative estimate of drug-likeness (QED) is 0.755. The summed E-state index contributed by atoms with van der Waals surface area (Å²) < 4.78 is 0. The minimum atomic E-state index is -0.188. The lowest BCUT2D eigenvalue weighted by Gasteiger charge is -2.04. The van der Waals surface area contributed by atoms with Crippen LogP contribution in [-0.2, 0) is 0 Å². The lowest BCUT2D eigenvalue weighted by Crippen LogP contribution is -2.12. The summed E-state index contributed by atoms with van der Waals surface area (Å²) in [4.78, 5) is 5.27. The highest BCUT2D eigenvalue weighted by molar-refractivity contribution is 7.10. The summed E-state index contributed by atoms with van der Waals surface area (Å²) in [5.41, 5.74) is 7.03. The zero-order chi connectivity index (χ0) is 9.26. The van der Waals surface area contributed by atoms with E-state index >= 15 is 0 Å². The van der Waals surface area contributed by atoms with E-state index in [9.17, 15) is 0 Å². The van der Waals surface area contributed by atoms with Gasteiger partial charge in [0.1, 0.15) is 12.2 Å². The van der Waals surface area contributed by atoms with E-state index in [1.165, 1.54) is 11.2 Å². The van der Waals surface area contributed by atoms with E-state index in [-0.39, 0.29) is 6.04 Å². The Kier molecular flexibility index (Phi) is 2.12. The highest BCUT2D eigenvalue weighted by Gasteiger charge is 2.12. The van der Waals surface area contributed by atoms with Crippen LogP contribution < -0.4 is 5.73 Å². The summed E-state index contributed by atoms with van der Waals surface area (Å²) in [6.07, 6.45) is 1.47. The van der Waals surface area contributed by atoms with Crippen LogP contribution in [0.4, 0.5) is 0 Å². The van der Waals surface area contributed by atoms with E-state index in [4.69, 9.17) is 5.73 Å². The highest BCUT2D eigenvalue weighted by Crippen LogP contribution is 2.21. The van der Waals surface area contributed by atoms with E-state index in [2.05, 4.69) is 28.2 Å². The molecule has 0 fully saturated rings. The topological polar surface area (TPSA) is 67.6 Å². The second kappa shape index (κ2) is 3.27. The molecule has 2 aromatic heterocycles. The molecule has 0 amide bonds. The predicted molar refractivity (Wildman–Crippen MR) is 51.5 cm³/mol. The number of H-pyrrole nitrogens is 1. The summed E-state index contributed by atoms with van der Waals surface area (Å²) in [6.45, 7) is 2.06. The molecule has 2 heterocycles. The number of aromatic nitrogens is 3. The Bertz CT molecular complexity index is 379. The van der Waals surface area contributed by atoms with Crippen LogP contribution in [0.2, 0.25) is 0 Å². The number of thiophene rings is 1. The Balaban J connectivity index is 2.28. The number of aromatic amines is 1. The second-order valence-corrected chi connectivity index (χ2v) is 3.95. The smallest absolute Gasteiger partial charge is 0.145 e. The van der Waals surface area contributed by atoms with Gasteiger partial charge in [-0.15, -0.1) is 11.3 Å². The van der Waals surface area contributed by atoms with Crippen LogP contribution in [0, 0.1) is 6.92 Å². The van der Waals surface area contributed by atoms with Gasteiger partial charge in [0.25, 0.3) is 0 Å². The average molecular weight is 194 g/mol. The van der Waals surface area contributed by atoms with Crippen LogP contribution in [0.3, 0.4) is 0 Å². The molecule has 0 spiro atoms. The molecule has 5 heteroatoms. The van der Waals surface area contributed by atoms with Crippen molar-refractivity contribution in [2.45, 2.75) is 13.0 Å². The van der Waals surface area contributed by atoms with Gasteiger partial charge in [0.05, 0.1) is 6.04 Å². The van der Waals surface area contributed by atoms with Crippen molar-refractivity contribution in [2.75, 3.05) is 0 Å². The van der Waals surface area contributed by atoms with Crippen molar-refractivity contribution >= 4 is 11.3 Å². The maximum atomic E-state index is 5.95. The molecule has 0 aliphatic heterocycles. The van der Waals surface area contributed by atoms with Crippen LogP contribution in [0.5, 0.6) is 0 Å². The third kappa shape index (κ3) is 1.61. The van der Waals surface area contributed by atoms with Gasteiger partial charge in [0, 0.05) is 4.88 Å². The largest absolute Gasteiger partial charge is 0.318 e. The molecule has 1 atom stereocenters. The number of hydrogen-bond donors (Lipinski definition) is 2. The SMILES string of the molecule is Cc1cc(C(N)c2ncn[nH]2)cs1. The van der Waals surface area contributed by atoms with Crippen molar-refractivity contribution in [1.82, 2.24) is 15.2 Å². The molecule has 0 bridgehead atoms. The molecule has 0 saturated heterocycles. The normalized spacial score (nSPS) is 13.1. The number of nitrogens with zero attached hydrogens (tertiary/aromatic N) is 2. The molecular formula is C8H10N4S. The number of nitrogens with two attached hydrogens (primary N) is 1. The second-order valence-electron chi connectivity index (χ2n) is 2.84. The van der Waals surface area contributed by atoms with Gasteiger partial charge in [-0.2, -0.15) is 5.10 Å². The first kappa shape index (κ1) is 8.40. The molecule has 0 aliphatic rings. The van der Waals surface area contributed by atoms with Crippen molar-refractivity contribution in [2.24, 2.45) is 5.73 Å². The Morgan fingerprint density at radius 2 is 2.46 bits per heavy atom. The third-order valence-electron chi connectivity index (χ3n) is 1.84. The lowest BCUT2D eigenvalue weighted by molar-refractivity contribution is 0.790. The van der Waals surface area contributed by atoms with Gasteiger partial charge in [-0.3, -0.25) is 5.10 Å². The number of rotatable bonds is 2. The molecule has 13 heavy (non-hydrogen) atoms. The minimum absolute atomic E-state index is 0.188. The first-order chi connectivity index (χ1) is 6.27. The zero-order valence-electron chi connectivity index (χ0n) is 7.19. The lowest BCUT2D eigenvalue weighted by atomic mass is 10.1. The maximum absolute atomic E-state index is 5.95. The van der Waals surface area contributed by atoms with Crippen LogP contribution in [0.1, 0.15) is 22.3 Å². The van der Waals surface area contributed by atoms with Crippen molar-refractivity contribution in [3.63, 3.8) is 0 Å². The molecule has 2 aromatic rings. The molecular weight excluding hydrogens is 184 g/mol. The number of hydrogen-bond acceptors (Lipinski definition) is 4. The first-order valence-corrected chi connectivity index (χ1v) is 4.81. The number of aryl methyl sites for hydroxylation is 1. The fourth-order valence-corrected chi connectivity index (χ4v) is 1.89. The monoisotopic (exact) mass is 194 g/mol. The summed E-state index contributed by atoms with van der Waals surface area (Å²) >= 11 is 1.69. The summed E-state index contributed by atoms with van der Waals surface area (Å²) in [5.74, 6) is 0.706. The number of nitrogens with one attached hydrogen (secondary N) is 1. The molecule has 0 aromatic carbocycles. The average Bonchev–Trinajstić information content (AvgIpc) is 2.72. The van der Waals surface area contributed by atoms with E-state index in [1.807, 2.05) is 5.38 Å². The van der Waals surface area contributed by atoms with Gasteiger partial charge < -0.3 is 5.73 Å². The van der Waals surface area contributed by atoms with Crippen molar-refractivity contribution < 1.29 is 0 Å². The standard InChI is InChI=1S/C8H10N4S/c1-5-2-6(3-13-5)7(9)8-10-4-11-12-8/h2-4,7H,9H2,1H3,(H,10,11,12). The first-order valence-electron chi connectivity index (χ1n) is 3.93. The van der Waals surface area contributed by atoms with Gasteiger partial charge in [-0.25, -0.2) is 4.98 Å². The molecule has 68 valence electrons. The molecule has 1 unspecified atom stereocenters. The summed E-state index contributed by atoms with van der Waals surface area (Å²) in [7, 11) is 0. The van der Waals surface area contributed by atoms with Crippen molar-refractivity contribution in [3.05, 3.63) is 34.0 Å². The molecule has 3 N–H and O–H groups in total. The predicted octanol–water partition coefficient (Wildman–Crippen LogP) is 1.22. The third-order valence-corrected chi connectivity index (χ3v) is 2.72. The zero-order valence-corrected chi connectivity index (χ0v) is 8.01. The van der Waals surface area contributed by atoms with Crippen LogP contribution in [0.25, 0.3) is 0 Å². The minimum Gasteiger partial charge on any atom is -0.318 e. The van der Waals surface area contributed by atoms with Gasteiger partial charge in [0.15, 0.2) is 0 Å². The van der Waals surface area contributed by atoms with Crippen molar-refractivity contribution in [1.29, 1.82) is 0 Å². The summed E-state index contributed by atoms with van der Waals surface area (Å²) in [6, 6.07) is 1.88. The van der Waals surface area contributed by atoms with Gasteiger partial charge in [-0.1, -0.05) is 0 Å². The van der Waals surface area contributed by atoms with Gasteiger partial charge in [0.2, 0.25) is 0 Å². The van der Waals surface area contributed by atoms with E-state index < -0.39 is 0 Å². The highest BCUT2D eigenvalue weighted by atomic mass is 32.1. The van der Waals surface area contributed by atoms with Crippen LogP contribution >= 0.6 is 11.3 Å². The van der Waals surface area contributed by atoms with Crippen LogP contribution in [-0.4, -0.2) is 15.2 Å². The summed E-state index contributed by atoms with van der Waals surface area (Å²) in [5, 5.41) is 8.57. The fraction of sp³-hybridized carbons (Fsp3) is 0.250. The Morgan fingerprint density at radius 1 is 1.62 bits per heavy atom.